The molecule has 1 N–H and O–H groups in total. The van der Waals surface area contributed by atoms with E-state index in [1.54, 1.807) is 38.7 Å². The van der Waals surface area contributed by atoms with Crippen LogP contribution in [0.15, 0.2) is 59.3 Å². The minimum absolute atomic E-state index is 0.244. The molecule has 1 atom stereocenters. The molecule has 0 spiro atoms. The number of carbonyl (C=O) groups is 1. The zero-order valence-corrected chi connectivity index (χ0v) is 16.7. The normalized spacial score (nSPS) is 11.7. The first kappa shape index (κ1) is 20.4. The van der Waals surface area contributed by atoms with Crippen molar-refractivity contribution in [3.05, 3.63) is 77.5 Å². The molecule has 1 aromatic carbocycles. The van der Waals surface area contributed by atoms with E-state index in [0.717, 1.165) is 11.1 Å². The van der Waals surface area contributed by atoms with Gasteiger partial charge in [0.15, 0.2) is 17.3 Å². The molecule has 3 rings (SSSR count). The van der Waals surface area contributed by atoms with Crippen molar-refractivity contribution in [1.82, 2.24) is 10.3 Å². The van der Waals surface area contributed by atoms with E-state index in [1.165, 1.54) is 0 Å². The van der Waals surface area contributed by atoms with Crippen LogP contribution in [0.4, 0.5) is 0 Å². The predicted octanol–water partition coefficient (Wildman–Crippen LogP) is 3.90. The summed E-state index contributed by atoms with van der Waals surface area (Å²) >= 11 is 0. The predicted molar refractivity (Wildman–Crippen MR) is 107 cm³/mol. The topological polar surface area (TPSA) is 82.8 Å². The maximum Gasteiger partial charge on any atom is 0.287 e. The number of nitrogens with one attached hydrogen (secondary N) is 1. The Bertz CT molecular complexity index is 939. The number of hydrogen-bond donors (Lipinski definition) is 1. The zero-order chi connectivity index (χ0) is 20.6. The zero-order valence-electron chi connectivity index (χ0n) is 16.7. The number of pyridine rings is 1. The first-order valence-electron chi connectivity index (χ1n) is 9.19. The Balaban J connectivity index is 1.65. The molecule has 0 aliphatic rings. The van der Waals surface area contributed by atoms with E-state index in [-0.39, 0.29) is 17.7 Å². The number of rotatable bonds is 9. The number of methoxy groups -OCH3 is 2. The van der Waals surface area contributed by atoms with E-state index in [0.29, 0.717) is 30.5 Å². The Morgan fingerprint density at radius 1 is 1.07 bits per heavy atom. The Morgan fingerprint density at radius 2 is 1.86 bits per heavy atom. The standard InChI is InChI=1S/C22H24N2O5/c1-15(24-22(25)20-7-5-18(29-20)14-26-2)17-4-6-19(21(12-17)27-3)28-13-16-8-10-23-11-9-16/h4-12,15H,13-14H2,1-3H3,(H,24,25). The first-order chi connectivity index (χ1) is 14.1. The van der Waals surface area contributed by atoms with Gasteiger partial charge in [0.2, 0.25) is 0 Å². The summed E-state index contributed by atoms with van der Waals surface area (Å²) in [5, 5.41) is 2.92. The Kier molecular flexibility index (Phi) is 6.86. The number of ether oxygens (including phenoxy) is 3. The molecule has 7 heteroatoms. The summed E-state index contributed by atoms with van der Waals surface area (Å²) in [5.41, 5.74) is 1.90. The van der Waals surface area contributed by atoms with Crippen LogP contribution in [0.5, 0.6) is 11.5 Å². The van der Waals surface area contributed by atoms with Crippen molar-refractivity contribution < 1.29 is 23.4 Å². The van der Waals surface area contributed by atoms with Crippen LogP contribution >= 0.6 is 0 Å². The maximum absolute atomic E-state index is 12.4. The van der Waals surface area contributed by atoms with Crippen molar-refractivity contribution in [2.24, 2.45) is 0 Å². The van der Waals surface area contributed by atoms with Crippen LogP contribution in [0.25, 0.3) is 0 Å². The van der Waals surface area contributed by atoms with Gasteiger partial charge in [-0.05, 0) is 54.4 Å². The van der Waals surface area contributed by atoms with E-state index in [9.17, 15) is 4.79 Å². The van der Waals surface area contributed by atoms with Gasteiger partial charge in [-0.1, -0.05) is 6.07 Å². The molecule has 0 fully saturated rings. The number of aromatic nitrogens is 1. The fraction of sp³-hybridized carbons (Fsp3) is 0.273. The molecule has 1 unspecified atom stereocenters. The molecule has 0 aliphatic heterocycles. The average molecular weight is 396 g/mol. The van der Waals surface area contributed by atoms with Crippen LogP contribution in [0, 0.1) is 0 Å². The van der Waals surface area contributed by atoms with E-state index < -0.39 is 0 Å². The number of benzene rings is 1. The Hall–Kier alpha value is -3.32. The van der Waals surface area contributed by atoms with Gasteiger partial charge in [0.05, 0.1) is 13.2 Å². The van der Waals surface area contributed by atoms with Gasteiger partial charge in [0, 0.05) is 19.5 Å². The SMILES string of the molecule is COCc1ccc(C(=O)NC(C)c2ccc(OCc3ccncc3)c(OC)c2)o1. The molecule has 152 valence electrons. The summed E-state index contributed by atoms with van der Waals surface area (Å²) in [5.74, 6) is 1.77. The van der Waals surface area contributed by atoms with Crippen molar-refractivity contribution >= 4 is 5.91 Å². The monoisotopic (exact) mass is 396 g/mol. The van der Waals surface area contributed by atoms with Gasteiger partial charge >= 0.3 is 0 Å². The maximum atomic E-state index is 12.4. The lowest BCUT2D eigenvalue weighted by molar-refractivity contribution is 0.0903. The quantitative estimate of drug-likeness (QED) is 0.591. The summed E-state index contributed by atoms with van der Waals surface area (Å²) in [6.07, 6.45) is 3.45. The number of hydrogen-bond acceptors (Lipinski definition) is 6. The molecule has 29 heavy (non-hydrogen) atoms. The third-order valence-electron chi connectivity index (χ3n) is 4.35. The van der Waals surface area contributed by atoms with Crippen molar-refractivity contribution in [1.29, 1.82) is 0 Å². The molecule has 0 bridgehead atoms. The van der Waals surface area contributed by atoms with Gasteiger partial charge < -0.3 is 23.9 Å². The summed E-state index contributed by atoms with van der Waals surface area (Å²) in [7, 11) is 3.16. The highest BCUT2D eigenvalue weighted by Crippen LogP contribution is 2.31. The smallest absolute Gasteiger partial charge is 0.287 e. The number of amides is 1. The summed E-state index contributed by atoms with van der Waals surface area (Å²) in [6.45, 7) is 2.62. The molecule has 7 nitrogen and oxygen atoms in total. The minimum Gasteiger partial charge on any atom is -0.493 e. The van der Waals surface area contributed by atoms with Crippen molar-refractivity contribution in [2.45, 2.75) is 26.2 Å². The molecule has 3 aromatic rings. The molecule has 2 heterocycles. The van der Waals surface area contributed by atoms with E-state index in [4.69, 9.17) is 18.6 Å². The average Bonchev–Trinajstić information content (AvgIpc) is 3.22. The van der Waals surface area contributed by atoms with Gasteiger partial charge in [-0.3, -0.25) is 9.78 Å². The van der Waals surface area contributed by atoms with E-state index in [1.807, 2.05) is 37.3 Å². The van der Waals surface area contributed by atoms with Gasteiger partial charge in [-0.15, -0.1) is 0 Å². The third-order valence-corrected chi connectivity index (χ3v) is 4.35. The lowest BCUT2D eigenvalue weighted by Crippen LogP contribution is -2.26. The van der Waals surface area contributed by atoms with Crippen molar-refractivity contribution in [3.8, 4) is 11.5 Å². The minimum atomic E-state index is -0.295. The molecular formula is C22H24N2O5. The second kappa shape index (κ2) is 9.75. The summed E-state index contributed by atoms with van der Waals surface area (Å²) in [4.78, 5) is 16.4. The Morgan fingerprint density at radius 3 is 2.59 bits per heavy atom. The van der Waals surface area contributed by atoms with Gasteiger partial charge in [0.1, 0.15) is 19.0 Å². The second-order valence-corrected chi connectivity index (χ2v) is 6.45. The second-order valence-electron chi connectivity index (χ2n) is 6.45. The highest BCUT2D eigenvalue weighted by molar-refractivity contribution is 5.91. The van der Waals surface area contributed by atoms with Gasteiger partial charge in [0.25, 0.3) is 5.91 Å². The molecule has 1 amide bonds. The lowest BCUT2D eigenvalue weighted by atomic mass is 10.1. The molecule has 2 aromatic heterocycles. The van der Waals surface area contributed by atoms with Crippen molar-refractivity contribution in [3.63, 3.8) is 0 Å². The highest BCUT2D eigenvalue weighted by Gasteiger charge is 2.17. The largest absolute Gasteiger partial charge is 0.493 e. The number of carbonyl (C=O) groups excluding carboxylic acids is 1. The summed E-state index contributed by atoms with van der Waals surface area (Å²) < 4.78 is 21.8. The van der Waals surface area contributed by atoms with E-state index >= 15 is 0 Å². The van der Waals surface area contributed by atoms with Crippen LogP contribution < -0.4 is 14.8 Å². The van der Waals surface area contributed by atoms with Crippen LogP contribution in [0.3, 0.4) is 0 Å². The van der Waals surface area contributed by atoms with Crippen LogP contribution in [-0.2, 0) is 18.0 Å². The molecule has 0 saturated carbocycles. The third kappa shape index (κ3) is 5.36. The lowest BCUT2D eigenvalue weighted by Gasteiger charge is -2.17. The fourth-order valence-electron chi connectivity index (χ4n) is 2.78. The fourth-order valence-corrected chi connectivity index (χ4v) is 2.78. The number of nitrogens with zero attached hydrogens (tertiary/aromatic N) is 1. The van der Waals surface area contributed by atoms with Gasteiger partial charge in [-0.2, -0.15) is 0 Å². The van der Waals surface area contributed by atoms with Crippen molar-refractivity contribution in [2.75, 3.05) is 14.2 Å². The first-order valence-corrected chi connectivity index (χ1v) is 9.19. The van der Waals surface area contributed by atoms with Crippen LogP contribution in [0.2, 0.25) is 0 Å². The number of furan rings is 1. The Labute approximate surface area is 169 Å². The van der Waals surface area contributed by atoms with E-state index in [2.05, 4.69) is 10.3 Å². The van der Waals surface area contributed by atoms with Crippen LogP contribution in [-0.4, -0.2) is 25.1 Å². The van der Waals surface area contributed by atoms with Gasteiger partial charge in [-0.25, -0.2) is 0 Å². The summed E-state index contributed by atoms with van der Waals surface area (Å²) in [6, 6.07) is 12.5. The van der Waals surface area contributed by atoms with Crippen LogP contribution in [0.1, 0.15) is 40.4 Å². The molecule has 0 aliphatic carbocycles. The highest BCUT2D eigenvalue weighted by atomic mass is 16.5. The molecule has 0 radical (unpaired) electrons. The molecular weight excluding hydrogens is 372 g/mol. The molecule has 0 saturated heterocycles.